The molecule has 0 aliphatic heterocycles. The Balaban J connectivity index is 1.73. The number of alkyl halides is 2. The highest BCUT2D eigenvalue weighted by atomic mass is 19.3. The number of carbonyl (C=O) groups is 2. The summed E-state index contributed by atoms with van der Waals surface area (Å²) in [6, 6.07) is 11.8. The average molecular weight is 487 g/mol. The highest BCUT2D eigenvalue weighted by Gasteiger charge is 2.18. The highest BCUT2D eigenvalue weighted by Crippen LogP contribution is 2.31. The normalized spacial score (nSPS) is 10.8. The summed E-state index contributed by atoms with van der Waals surface area (Å²) in [6.45, 7) is 0.824. The van der Waals surface area contributed by atoms with E-state index in [1.54, 1.807) is 25.1 Å². The molecule has 35 heavy (non-hydrogen) atoms. The fraction of sp³-hybridized carbons (Fsp3) is 0.269. The number of carbonyl (C=O) groups excluding carboxylic acids is 2. The first-order valence-corrected chi connectivity index (χ1v) is 10.7. The Kier molecular flexibility index (Phi) is 8.46. The van der Waals surface area contributed by atoms with Gasteiger partial charge in [0.15, 0.2) is 23.1 Å². The fourth-order valence-corrected chi connectivity index (χ4v) is 3.38. The van der Waals surface area contributed by atoms with Crippen molar-refractivity contribution >= 4 is 11.6 Å². The topological polar surface area (TPSA) is 74.7 Å². The Bertz CT molecular complexity index is 1230. The number of pyridine rings is 1. The number of ether oxygens (including phenoxy) is 3. The third-order valence-corrected chi connectivity index (χ3v) is 5.22. The van der Waals surface area contributed by atoms with E-state index in [0.29, 0.717) is 22.6 Å². The molecule has 0 unspecified atom stereocenters. The first-order valence-electron chi connectivity index (χ1n) is 10.7. The molecule has 0 amide bonds. The van der Waals surface area contributed by atoms with Crippen molar-refractivity contribution in [3.8, 4) is 28.5 Å². The van der Waals surface area contributed by atoms with E-state index in [0.717, 1.165) is 0 Å². The predicted octanol–water partition coefficient (Wildman–Crippen LogP) is 5.70. The monoisotopic (exact) mass is 487 g/mol. The maximum atomic E-state index is 13.7. The Morgan fingerprint density at radius 1 is 0.886 bits per heavy atom. The molecular formula is C26H24F3NO5. The summed E-state index contributed by atoms with van der Waals surface area (Å²) in [5, 5.41) is 0. The summed E-state index contributed by atoms with van der Waals surface area (Å²) < 4.78 is 53.9. The zero-order chi connectivity index (χ0) is 25.5. The van der Waals surface area contributed by atoms with Crippen molar-refractivity contribution in [2.75, 3.05) is 20.8 Å². The third kappa shape index (κ3) is 6.38. The lowest BCUT2D eigenvalue weighted by atomic mass is 10.0. The van der Waals surface area contributed by atoms with Crippen LogP contribution in [0.4, 0.5) is 13.2 Å². The Hall–Kier alpha value is -3.88. The van der Waals surface area contributed by atoms with Crippen LogP contribution in [0.2, 0.25) is 0 Å². The van der Waals surface area contributed by atoms with Crippen LogP contribution < -0.4 is 14.2 Å². The zero-order valence-electron chi connectivity index (χ0n) is 19.4. The van der Waals surface area contributed by atoms with Gasteiger partial charge in [0.25, 0.3) is 6.43 Å². The number of ketones is 2. The summed E-state index contributed by atoms with van der Waals surface area (Å²) in [5.74, 6) is -0.399. The van der Waals surface area contributed by atoms with E-state index >= 15 is 0 Å². The van der Waals surface area contributed by atoms with E-state index in [-0.39, 0.29) is 53.0 Å². The van der Waals surface area contributed by atoms with Gasteiger partial charge in [-0.3, -0.25) is 9.59 Å². The van der Waals surface area contributed by atoms with Crippen LogP contribution in [0.5, 0.6) is 17.2 Å². The average Bonchev–Trinajstić information content (AvgIpc) is 2.86. The molecule has 0 saturated heterocycles. The molecule has 0 N–H and O–H groups in total. The first kappa shape index (κ1) is 25.7. The molecule has 1 aromatic heterocycles. The van der Waals surface area contributed by atoms with Crippen molar-refractivity contribution in [2.24, 2.45) is 0 Å². The number of aromatic nitrogens is 1. The molecule has 0 spiro atoms. The molecule has 0 aliphatic carbocycles. The highest BCUT2D eigenvalue weighted by molar-refractivity contribution is 6.02. The van der Waals surface area contributed by atoms with E-state index < -0.39 is 13.0 Å². The van der Waals surface area contributed by atoms with E-state index in [9.17, 15) is 22.8 Å². The second-order valence-corrected chi connectivity index (χ2v) is 7.63. The van der Waals surface area contributed by atoms with Crippen LogP contribution in [0.1, 0.15) is 39.3 Å². The lowest BCUT2D eigenvalue weighted by Gasteiger charge is -2.12. The number of rotatable bonds is 11. The zero-order valence-corrected chi connectivity index (χ0v) is 19.4. The molecule has 3 rings (SSSR count). The van der Waals surface area contributed by atoms with Gasteiger partial charge in [0.1, 0.15) is 29.6 Å². The fourth-order valence-electron chi connectivity index (χ4n) is 3.38. The van der Waals surface area contributed by atoms with Gasteiger partial charge in [-0.05, 0) is 61.0 Å². The Morgan fingerprint density at radius 3 is 2.23 bits per heavy atom. The number of benzene rings is 2. The quantitative estimate of drug-likeness (QED) is 0.323. The molecule has 0 bridgehead atoms. The number of aryl methyl sites for hydroxylation is 1. The maximum Gasteiger partial charge on any atom is 0.272 e. The van der Waals surface area contributed by atoms with Crippen LogP contribution in [0, 0.1) is 12.7 Å². The lowest BCUT2D eigenvalue weighted by Crippen LogP contribution is -2.09. The number of halogens is 3. The van der Waals surface area contributed by atoms with Crippen LogP contribution in [0.25, 0.3) is 11.3 Å². The largest absolute Gasteiger partial charge is 0.494 e. The van der Waals surface area contributed by atoms with Gasteiger partial charge in [-0.2, -0.15) is 0 Å². The standard InChI is InChI=1S/C26H24F3NO5/c1-15-12-17(4-6-18(15)27)26-23(33-2)11-7-19(30-26)21(32)9-8-20(31)16-5-10-22(24(13-16)34-3)35-14-25(28)29/h4-7,10-13,25H,8-9,14H2,1-3H3. The number of nitrogens with zero attached hydrogens (tertiary/aromatic N) is 1. The summed E-state index contributed by atoms with van der Waals surface area (Å²) in [5.41, 5.74) is 1.80. The van der Waals surface area contributed by atoms with Crippen LogP contribution in [0.3, 0.4) is 0 Å². The van der Waals surface area contributed by atoms with Gasteiger partial charge in [0.05, 0.1) is 14.2 Å². The van der Waals surface area contributed by atoms with Gasteiger partial charge < -0.3 is 14.2 Å². The maximum absolute atomic E-state index is 13.7. The minimum atomic E-state index is -2.65. The predicted molar refractivity (Wildman–Crippen MR) is 123 cm³/mol. The number of methoxy groups -OCH3 is 2. The van der Waals surface area contributed by atoms with Crippen LogP contribution in [-0.4, -0.2) is 43.8 Å². The SMILES string of the molecule is COc1cc(C(=O)CCC(=O)c2ccc(OC)c(-c3ccc(F)c(C)c3)n2)ccc1OCC(F)F. The number of hydrogen-bond donors (Lipinski definition) is 0. The van der Waals surface area contributed by atoms with E-state index in [4.69, 9.17) is 14.2 Å². The van der Waals surface area contributed by atoms with Crippen molar-refractivity contribution in [3.63, 3.8) is 0 Å². The summed E-state index contributed by atoms with van der Waals surface area (Å²) in [4.78, 5) is 29.8. The van der Waals surface area contributed by atoms with Crippen LogP contribution in [0.15, 0.2) is 48.5 Å². The van der Waals surface area contributed by atoms with Crippen LogP contribution in [-0.2, 0) is 0 Å². The molecule has 9 heteroatoms. The van der Waals surface area contributed by atoms with Crippen molar-refractivity contribution < 1.29 is 37.0 Å². The van der Waals surface area contributed by atoms with E-state index in [1.165, 1.54) is 44.6 Å². The Labute approximate surface area is 200 Å². The van der Waals surface area contributed by atoms with Gasteiger partial charge in [-0.1, -0.05) is 0 Å². The second kappa shape index (κ2) is 11.5. The molecule has 0 saturated carbocycles. The van der Waals surface area contributed by atoms with Crippen molar-refractivity contribution in [2.45, 2.75) is 26.2 Å². The first-order chi connectivity index (χ1) is 16.7. The molecule has 184 valence electrons. The number of Topliss-reactive ketones (excluding diaryl/α,β-unsaturated/α-hetero) is 2. The number of hydrogen-bond acceptors (Lipinski definition) is 6. The molecule has 0 aliphatic rings. The van der Waals surface area contributed by atoms with Gasteiger partial charge in [-0.15, -0.1) is 0 Å². The molecular weight excluding hydrogens is 463 g/mol. The minimum Gasteiger partial charge on any atom is -0.494 e. The van der Waals surface area contributed by atoms with Crippen molar-refractivity contribution in [1.29, 1.82) is 0 Å². The molecule has 3 aromatic rings. The van der Waals surface area contributed by atoms with Crippen molar-refractivity contribution in [1.82, 2.24) is 4.98 Å². The van der Waals surface area contributed by atoms with Crippen LogP contribution >= 0.6 is 0 Å². The molecule has 0 fully saturated rings. The van der Waals surface area contributed by atoms with Crippen molar-refractivity contribution in [3.05, 3.63) is 71.2 Å². The molecule has 6 nitrogen and oxygen atoms in total. The van der Waals surface area contributed by atoms with Gasteiger partial charge in [0, 0.05) is 24.0 Å². The summed E-state index contributed by atoms with van der Waals surface area (Å²) in [7, 11) is 2.80. The van der Waals surface area contributed by atoms with E-state index in [1.807, 2.05) is 0 Å². The second-order valence-electron chi connectivity index (χ2n) is 7.63. The molecule has 0 atom stereocenters. The molecule has 1 heterocycles. The molecule has 0 radical (unpaired) electrons. The summed E-state index contributed by atoms with van der Waals surface area (Å²) in [6.07, 6.45) is -2.85. The molecule has 2 aromatic carbocycles. The van der Waals surface area contributed by atoms with E-state index in [2.05, 4.69) is 4.98 Å². The van der Waals surface area contributed by atoms with Gasteiger partial charge in [-0.25, -0.2) is 18.2 Å². The minimum absolute atomic E-state index is 0.0893. The smallest absolute Gasteiger partial charge is 0.272 e. The third-order valence-electron chi connectivity index (χ3n) is 5.22. The summed E-state index contributed by atoms with van der Waals surface area (Å²) >= 11 is 0. The Morgan fingerprint density at radius 2 is 1.57 bits per heavy atom. The lowest BCUT2D eigenvalue weighted by molar-refractivity contribution is 0.0803. The van der Waals surface area contributed by atoms with Gasteiger partial charge in [0.2, 0.25) is 0 Å². The van der Waals surface area contributed by atoms with Gasteiger partial charge >= 0.3 is 0 Å².